The largest absolute Gasteiger partial charge is 0.372 e. The number of amides is 2. The van der Waals surface area contributed by atoms with E-state index in [9.17, 15) is 9.00 Å². The molecule has 5 nitrogen and oxygen atoms in total. The van der Waals surface area contributed by atoms with Crippen LogP contribution in [-0.2, 0) is 15.5 Å². The van der Waals surface area contributed by atoms with E-state index in [2.05, 4.69) is 10.6 Å². The van der Waals surface area contributed by atoms with Gasteiger partial charge in [0.15, 0.2) is 0 Å². The summed E-state index contributed by atoms with van der Waals surface area (Å²) in [6.07, 6.45) is 1.43. The quantitative estimate of drug-likeness (QED) is 0.808. The maximum Gasteiger partial charge on any atom is 0.319 e. The first-order valence-electron chi connectivity index (χ1n) is 7.75. The second-order valence-corrected chi connectivity index (χ2v) is 6.55. The van der Waals surface area contributed by atoms with Gasteiger partial charge in [-0.1, -0.05) is 30.3 Å². The second kappa shape index (κ2) is 9.20. The van der Waals surface area contributed by atoms with Gasteiger partial charge in [0, 0.05) is 40.8 Å². The number of carbonyl (C=O) groups is 1. The number of ether oxygens (including phenoxy) is 1. The topological polar surface area (TPSA) is 67.4 Å². The number of urea groups is 1. The molecule has 2 aromatic rings. The molecule has 0 aromatic heterocycles. The summed E-state index contributed by atoms with van der Waals surface area (Å²) in [7, 11) is -1.03. The first-order valence-corrected chi connectivity index (χ1v) is 9.31. The number of hydrogen-bond donors (Lipinski definition) is 2. The Hall–Kier alpha value is -2.18. The van der Waals surface area contributed by atoms with Gasteiger partial charge in [-0.25, -0.2) is 4.79 Å². The molecular weight excluding hydrogens is 324 g/mol. The van der Waals surface area contributed by atoms with Crippen molar-refractivity contribution in [3.05, 3.63) is 60.2 Å². The molecule has 2 aromatic carbocycles. The van der Waals surface area contributed by atoms with Crippen LogP contribution in [0.5, 0.6) is 0 Å². The van der Waals surface area contributed by atoms with Crippen LogP contribution >= 0.6 is 0 Å². The minimum atomic E-state index is -1.03. The van der Waals surface area contributed by atoms with E-state index in [0.29, 0.717) is 18.8 Å². The van der Waals surface area contributed by atoms with E-state index >= 15 is 0 Å². The average molecular weight is 346 g/mol. The molecule has 6 heteroatoms. The van der Waals surface area contributed by atoms with Crippen LogP contribution in [-0.4, -0.2) is 29.6 Å². The van der Waals surface area contributed by atoms with Crippen molar-refractivity contribution in [1.82, 2.24) is 5.32 Å². The number of anilines is 1. The zero-order chi connectivity index (χ0) is 17.4. The SMILES string of the molecule is CCOC(CNC(=O)Nc1ccc(S(C)=O)cc1)c1ccccc1. The van der Waals surface area contributed by atoms with Gasteiger partial charge in [-0.2, -0.15) is 0 Å². The predicted molar refractivity (Wildman–Crippen MR) is 96.6 cm³/mol. The van der Waals surface area contributed by atoms with Crippen LogP contribution in [0.4, 0.5) is 10.5 Å². The highest BCUT2D eigenvalue weighted by Gasteiger charge is 2.12. The molecule has 2 unspecified atom stereocenters. The maximum atomic E-state index is 12.0. The molecule has 0 fully saturated rings. The highest BCUT2D eigenvalue weighted by Crippen LogP contribution is 2.16. The fraction of sp³-hybridized carbons (Fsp3) is 0.278. The van der Waals surface area contributed by atoms with Crippen molar-refractivity contribution in [2.45, 2.75) is 17.9 Å². The molecule has 2 rings (SSSR count). The lowest BCUT2D eigenvalue weighted by molar-refractivity contribution is 0.0643. The van der Waals surface area contributed by atoms with Crippen molar-refractivity contribution in [3.8, 4) is 0 Å². The summed E-state index contributed by atoms with van der Waals surface area (Å²) in [6, 6.07) is 16.4. The standard InChI is InChI=1S/C18H22N2O3S/c1-3-23-17(14-7-5-4-6-8-14)13-19-18(21)20-15-9-11-16(12-10-15)24(2)22/h4-12,17H,3,13H2,1-2H3,(H2,19,20,21). The lowest BCUT2D eigenvalue weighted by Gasteiger charge is -2.18. The Bertz CT molecular complexity index is 674. The van der Waals surface area contributed by atoms with Gasteiger partial charge in [0.2, 0.25) is 0 Å². The number of rotatable bonds is 7. The van der Waals surface area contributed by atoms with Crippen LogP contribution in [0, 0.1) is 0 Å². The fourth-order valence-electron chi connectivity index (χ4n) is 2.23. The van der Waals surface area contributed by atoms with Crippen molar-refractivity contribution in [2.24, 2.45) is 0 Å². The molecule has 2 amide bonds. The van der Waals surface area contributed by atoms with Crippen molar-refractivity contribution in [2.75, 3.05) is 24.7 Å². The smallest absolute Gasteiger partial charge is 0.319 e. The van der Waals surface area contributed by atoms with Crippen LogP contribution in [0.2, 0.25) is 0 Å². The van der Waals surface area contributed by atoms with E-state index in [1.807, 2.05) is 37.3 Å². The second-order valence-electron chi connectivity index (χ2n) is 5.17. The van der Waals surface area contributed by atoms with E-state index < -0.39 is 10.8 Å². The van der Waals surface area contributed by atoms with E-state index in [-0.39, 0.29) is 12.1 Å². The van der Waals surface area contributed by atoms with E-state index in [1.165, 1.54) is 0 Å². The van der Waals surface area contributed by atoms with E-state index in [4.69, 9.17) is 4.74 Å². The Morgan fingerprint density at radius 2 is 1.79 bits per heavy atom. The summed E-state index contributed by atoms with van der Waals surface area (Å²) in [6.45, 7) is 2.87. The van der Waals surface area contributed by atoms with Crippen molar-refractivity contribution in [3.63, 3.8) is 0 Å². The zero-order valence-corrected chi connectivity index (χ0v) is 14.6. The van der Waals surface area contributed by atoms with E-state index in [0.717, 1.165) is 10.5 Å². The molecule has 0 saturated heterocycles. The lowest BCUT2D eigenvalue weighted by Crippen LogP contribution is -2.33. The van der Waals surface area contributed by atoms with Gasteiger partial charge in [-0.15, -0.1) is 0 Å². The van der Waals surface area contributed by atoms with Crippen LogP contribution in [0.3, 0.4) is 0 Å². The molecule has 0 spiro atoms. The maximum absolute atomic E-state index is 12.0. The van der Waals surface area contributed by atoms with Gasteiger partial charge >= 0.3 is 6.03 Å². The summed E-state index contributed by atoms with van der Waals surface area (Å²) in [4.78, 5) is 12.8. The molecule has 0 aliphatic rings. The third kappa shape index (κ3) is 5.47. The third-order valence-corrected chi connectivity index (χ3v) is 4.37. The van der Waals surface area contributed by atoms with E-state index in [1.54, 1.807) is 30.5 Å². The third-order valence-electron chi connectivity index (χ3n) is 3.43. The Labute approximate surface area is 144 Å². The van der Waals surface area contributed by atoms with Crippen LogP contribution < -0.4 is 10.6 Å². The molecule has 0 heterocycles. The first-order chi connectivity index (χ1) is 11.6. The summed E-state index contributed by atoms with van der Waals surface area (Å²) >= 11 is 0. The molecule has 128 valence electrons. The van der Waals surface area contributed by atoms with Crippen LogP contribution in [0.15, 0.2) is 59.5 Å². The Morgan fingerprint density at radius 1 is 1.12 bits per heavy atom. The molecule has 0 radical (unpaired) electrons. The van der Waals surface area contributed by atoms with Crippen molar-refractivity contribution >= 4 is 22.5 Å². The van der Waals surface area contributed by atoms with Gasteiger partial charge in [0.25, 0.3) is 0 Å². The minimum absolute atomic E-state index is 0.188. The highest BCUT2D eigenvalue weighted by molar-refractivity contribution is 7.84. The summed E-state index contributed by atoms with van der Waals surface area (Å²) < 4.78 is 17.0. The summed E-state index contributed by atoms with van der Waals surface area (Å²) in [5.74, 6) is 0. The average Bonchev–Trinajstić information content (AvgIpc) is 2.60. The Kier molecular flexibility index (Phi) is 6.96. The monoisotopic (exact) mass is 346 g/mol. The first kappa shape index (κ1) is 18.2. The normalized spacial score (nSPS) is 13.1. The Morgan fingerprint density at radius 3 is 2.38 bits per heavy atom. The number of benzene rings is 2. The van der Waals surface area contributed by atoms with Gasteiger partial charge in [-0.3, -0.25) is 4.21 Å². The molecule has 24 heavy (non-hydrogen) atoms. The Balaban J connectivity index is 1.90. The van der Waals surface area contributed by atoms with Crippen LogP contribution in [0.25, 0.3) is 0 Å². The molecule has 0 aliphatic carbocycles. The highest BCUT2D eigenvalue weighted by atomic mass is 32.2. The molecule has 0 bridgehead atoms. The molecule has 0 saturated carbocycles. The molecular formula is C18H22N2O3S. The molecule has 0 aliphatic heterocycles. The number of hydrogen-bond acceptors (Lipinski definition) is 3. The number of carbonyl (C=O) groups excluding carboxylic acids is 1. The van der Waals surface area contributed by atoms with Gasteiger partial charge in [-0.05, 0) is 36.8 Å². The summed E-state index contributed by atoms with van der Waals surface area (Å²) in [5, 5.41) is 5.57. The predicted octanol–water partition coefficient (Wildman–Crippen LogP) is 3.32. The molecule has 2 N–H and O–H groups in total. The number of nitrogens with one attached hydrogen (secondary N) is 2. The minimum Gasteiger partial charge on any atom is -0.372 e. The van der Waals surface area contributed by atoms with Gasteiger partial charge in [0.1, 0.15) is 0 Å². The van der Waals surface area contributed by atoms with Gasteiger partial charge in [0.05, 0.1) is 6.10 Å². The van der Waals surface area contributed by atoms with Crippen molar-refractivity contribution < 1.29 is 13.7 Å². The molecule has 2 atom stereocenters. The zero-order valence-electron chi connectivity index (χ0n) is 13.8. The fourth-order valence-corrected chi connectivity index (χ4v) is 2.75. The van der Waals surface area contributed by atoms with Gasteiger partial charge < -0.3 is 15.4 Å². The lowest BCUT2D eigenvalue weighted by atomic mass is 10.1. The summed E-state index contributed by atoms with van der Waals surface area (Å²) in [5.41, 5.74) is 1.67. The van der Waals surface area contributed by atoms with Crippen LogP contribution in [0.1, 0.15) is 18.6 Å². The van der Waals surface area contributed by atoms with Crippen molar-refractivity contribution in [1.29, 1.82) is 0 Å².